The summed E-state index contributed by atoms with van der Waals surface area (Å²) in [6.45, 7) is 0. The fraction of sp³-hybridized carbons (Fsp3) is 0.333. The van der Waals surface area contributed by atoms with Crippen LogP contribution in [-0.2, 0) is 11.2 Å². The number of nitrogens with two attached hydrogens (primary N) is 1. The molecule has 2 aliphatic rings. The quantitative estimate of drug-likeness (QED) is 0.814. The lowest BCUT2D eigenvalue weighted by atomic mass is 9.95. The third kappa shape index (κ3) is 2.38. The first-order chi connectivity index (χ1) is 9.97. The molecule has 1 aromatic heterocycles. The second kappa shape index (κ2) is 5.07. The molecule has 110 valence electrons. The van der Waals surface area contributed by atoms with E-state index in [2.05, 4.69) is 0 Å². The zero-order chi connectivity index (χ0) is 15.1. The van der Waals surface area contributed by atoms with Gasteiger partial charge in [0.15, 0.2) is 0 Å². The summed E-state index contributed by atoms with van der Waals surface area (Å²) in [6, 6.07) is 2.55. The first-order valence-corrected chi connectivity index (χ1v) is 7.20. The molecule has 0 bridgehead atoms. The number of rotatable bonds is 2. The Kier molecular flexibility index (Phi) is 3.37. The Balaban J connectivity index is 2.09. The highest BCUT2D eigenvalue weighted by molar-refractivity contribution is 6.22. The predicted molar refractivity (Wildman–Crippen MR) is 80.2 cm³/mol. The molecule has 1 aliphatic carbocycles. The zero-order valence-corrected chi connectivity index (χ0v) is 12.0. The minimum absolute atomic E-state index is 0.143. The number of pyridine rings is 1. The Morgan fingerprint density at radius 2 is 2.19 bits per heavy atom. The Morgan fingerprint density at radius 1 is 1.43 bits per heavy atom. The number of aryl methyl sites for hydroxylation is 1. The van der Waals surface area contributed by atoms with Crippen LogP contribution < -0.4 is 11.3 Å². The van der Waals surface area contributed by atoms with Crippen molar-refractivity contribution in [2.45, 2.75) is 30.7 Å². The third-order valence-electron chi connectivity index (χ3n) is 4.00. The van der Waals surface area contributed by atoms with Gasteiger partial charge in [-0.2, -0.15) is 0 Å². The van der Waals surface area contributed by atoms with Crippen molar-refractivity contribution in [1.29, 1.82) is 0 Å². The van der Waals surface area contributed by atoms with Gasteiger partial charge in [-0.3, -0.25) is 9.36 Å². The molecule has 0 saturated carbocycles. The number of alkyl halides is 1. The Labute approximate surface area is 126 Å². The number of halogens is 1. The molecule has 2 atom stereocenters. The molecule has 0 radical (unpaired) electrons. The highest BCUT2D eigenvalue weighted by Gasteiger charge is 2.29. The highest BCUT2D eigenvalue weighted by Crippen LogP contribution is 2.31. The standard InChI is InChI=1S/C15H15ClN2O3/c16-9-1-3-12(17)11(7-9)8-5-10-2-4-13(15(20)21)18(10)14(19)6-8/h1,3,5-6,9,13H,2,4,7,17H2,(H,20,21)/t9?,13-/m0/s1. The van der Waals surface area contributed by atoms with Crippen molar-refractivity contribution < 1.29 is 9.90 Å². The third-order valence-corrected chi connectivity index (χ3v) is 4.30. The summed E-state index contributed by atoms with van der Waals surface area (Å²) in [4.78, 5) is 23.4. The molecular formula is C15H15ClN2O3. The molecule has 0 spiro atoms. The lowest BCUT2D eigenvalue weighted by Crippen LogP contribution is -2.27. The molecule has 5 nitrogen and oxygen atoms in total. The maximum Gasteiger partial charge on any atom is 0.326 e. The fourth-order valence-electron chi connectivity index (χ4n) is 2.98. The van der Waals surface area contributed by atoms with E-state index >= 15 is 0 Å². The van der Waals surface area contributed by atoms with Crippen LogP contribution in [0.2, 0.25) is 0 Å². The van der Waals surface area contributed by atoms with Crippen LogP contribution in [0.3, 0.4) is 0 Å². The van der Waals surface area contributed by atoms with Gasteiger partial charge in [0.2, 0.25) is 0 Å². The SMILES string of the molecule is NC1=C(c2cc3n(c(=O)c2)[C@H](C(=O)O)CC3)CC(Cl)C=C1. The van der Waals surface area contributed by atoms with Crippen molar-refractivity contribution in [3.63, 3.8) is 0 Å². The number of hydrogen-bond acceptors (Lipinski definition) is 3. The van der Waals surface area contributed by atoms with Gasteiger partial charge < -0.3 is 10.8 Å². The van der Waals surface area contributed by atoms with Crippen molar-refractivity contribution in [3.05, 3.63) is 51.6 Å². The maximum atomic E-state index is 12.3. The largest absolute Gasteiger partial charge is 0.480 e. The fourth-order valence-corrected chi connectivity index (χ4v) is 3.20. The van der Waals surface area contributed by atoms with E-state index in [0.717, 1.165) is 16.8 Å². The van der Waals surface area contributed by atoms with Gasteiger partial charge in [-0.05, 0) is 42.5 Å². The molecule has 3 N–H and O–H groups in total. The van der Waals surface area contributed by atoms with Crippen LogP contribution in [0.25, 0.3) is 5.57 Å². The second-order valence-electron chi connectivity index (χ2n) is 5.35. The molecule has 0 amide bonds. The normalized spacial score (nSPS) is 24.2. The van der Waals surface area contributed by atoms with Gasteiger partial charge in [0.25, 0.3) is 5.56 Å². The van der Waals surface area contributed by atoms with Crippen LogP contribution in [0.15, 0.2) is 34.8 Å². The van der Waals surface area contributed by atoms with Crippen LogP contribution in [-0.4, -0.2) is 21.0 Å². The number of aromatic nitrogens is 1. The van der Waals surface area contributed by atoms with E-state index in [9.17, 15) is 9.59 Å². The first kappa shape index (κ1) is 13.9. The number of fused-ring (bicyclic) bond motifs is 1. The number of carboxylic acid groups (broad SMARTS) is 1. The number of hydrogen-bond donors (Lipinski definition) is 2. The molecular weight excluding hydrogens is 292 g/mol. The van der Waals surface area contributed by atoms with Crippen molar-refractivity contribution in [1.82, 2.24) is 4.57 Å². The molecule has 1 unspecified atom stereocenters. The van der Waals surface area contributed by atoms with Gasteiger partial charge in [0.1, 0.15) is 6.04 Å². The molecule has 2 heterocycles. The minimum Gasteiger partial charge on any atom is -0.480 e. The van der Waals surface area contributed by atoms with Crippen LogP contribution in [0.4, 0.5) is 0 Å². The van der Waals surface area contributed by atoms with E-state index in [-0.39, 0.29) is 10.9 Å². The smallest absolute Gasteiger partial charge is 0.326 e. The van der Waals surface area contributed by atoms with Gasteiger partial charge in [-0.15, -0.1) is 11.6 Å². The highest BCUT2D eigenvalue weighted by atomic mass is 35.5. The molecule has 21 heavy (non-hydrogen) atoms. The summed E-state index contributed by atoms with van der Waals surface area (Å²) in [5.41, 5.74) is 8.60. The van der Waals surface area contributed by atoms with Crippen LogP contribution in [0.1, 0.15) is 30.1 Å². The minimum atomic E-state index is -0.969. The number of aliphatic carboxylic acids is 1. The molecule has 1 aliphatic heterocycles. The summed E-state index contributed by atoms with van der Waals surface area (Å²) >= 11 is 6.11. The average Bonchev–Trinajstić information content (AvgIpc) is 2.86. The van der Waals surface area contributed by atoms with Crippen LogP contribution in [0.5, 0.6) is 0 Å². The van der Waals surface area contributed by atoms with Crippen molar-refractivity contribution in [2.24, 2.45) is 5.73 Å². The lowest BCUT2D eigenvalue weighted by Gasteiger charge is -2.18. The zero-order valence-electron chi connectivity index (χ0n) is 11.3. The van der Waals surface area contributed by atoms with E-state index in [4.69, 9.17) is 22.4 Å². The molecule has 3 rings (SSSR count). The number of carbonyl (C=O) groups is 1. The summed E-state index contributed by atoms with van der Waals surface area (Å²) in [6.07, 6.45) is 5.16. The van der Waals surface area contributed by atoms with Gasteiger partial charge in [0.05, 0.1) is 5.38 Å². The van der Waals surface area contributed by atoms with E-state index < -0.39 is 12.0 Å². The monoisotopic (exact) mass is 306 g/mol. The first-order valence-electron chi connectivity index (χ1n) is 6.77. The Bertz CT molecular complexity index is 733. The lowest BCUT2D eigenvalue weighted by molar-refractivity contribution is -0.140. The molecule has 0 aromatic carbocycles. The topological polar surface area (TPSA) is 85.3 Å². The summed E-state index contributed by atoms with van der Waals surface area (Å²) in [5, 5.41) is 9.02. The Morgan fingerprint density at radius 3 is 2.90 bits per heavy atom. The van der Waals surface area contributed by atoms with E-state index in [1.165, 1.54) is 10.6 Å². The summed E-state index contributed by atoms with van der Waals surface area (Å²) < 4.78 is 1.36. The Hall–Kier alpha value is -2.01. The van der Waals surface area contributed by atoms with Crippen LogP contribution >= 0.6 is 11.6 Å². The second-order valence-corrected chi connectivity index (χ2v) is 5.91. The van der Waals surface area contributed by atoms with E-state index in [1.54, 1.807) is 6.08 Å². The van der Waals surface area contributed by atoms with E-state index in [0.29, 0.717) is 25.0 Å². The van der Waals surface area contributed by atoms with E-state index in [1.807, 2.05) is 12.1 Å². The molecule has 6 heteroatoms. The van der Waals surface area contributed by atoms with Crippen molar-refractivity contribution in [2.75, 3.05) is 0 Å². The number of carboxylic acids is 1. The number of allylic oxidation sites excluding steroid dienone is 3. The number of nitrogens with zero attached hydrogens (tertiary/aromatic N) is 1. The molecule has 0 fully saturated rings. The van der Waals surface area contributed by atoms with Gasteiger partial charge in [-0.25, -0.2) is 4.79 Å². The van der Waals surface area contributed by atoms with Gasteiger partial charge >= 0.3 is 5.97 Å². The van der Waals surface area contributed by atoms with Crippen molar-refractivity contribution in [3.8, 4) is 0 Å². The van der Waals surface area contributed by atoms with Crippen molar-refractivity contribution >= 4 is 23.1 Å². The molecule has 1 aromatic rings. The predicted octanol–water partition coefficient (Wildman–Crippen LogP) is 1.66. The maximum absolute atomic E-state index is 12.3. The van der Waals surface area contributed by atoms with Gasteiger partial charge in [0, 0.05) is 17.5 Å². The van der Waals surface area contributed by atoms with Gasteiger partial charge in [-0.1, -0.05) is 6.08 Å². The summed E-state index contributed by atoms with van der Waals surface area (Å²) in [5.74, 6) is -0.969. The summed E-state index contributed by atoms with van der Waals surface area (Å²) in [7, 11) is 0. The molecule has 0 saturated heterocycles. The van der Waals surface area contributed by atoms with Crippen LogP contribution in [0, 0.1) is 0 Å². The average molecular weight is 307 g/mol.